The lowest BCUT2D eigenvalue weighted by atomic mass is 9.95. The monoisotopic (exact) mass is 208 g/mol. The highest BCUT2D eigenvalue weighted by atomic mass is 16.5. The van der Waals surface area contributed by atoms with Gasteiger partial charge < -0.3 is 20.5 Å². The second-order valence-corrected chi connectivity index (χ2v) is 3.91. The Morgan fingerprint density at radius 2 is 2.27 bits per heavy atom. The van der Waals surface area contributed by atoms with Crippen molar-refractivity contribution in [2.24, 2.45) is 5.73 Å². The Labute approximate surface area is 89.3 Å². The summed E-state index contributed by atoms with van der Waals surface area (Å²) in [5, 5.41) is 9.96. The van der Waals surface area contributed by atoms with Crippen molar-refractivity contribution in [3.63, 3.8) is 0 Å². The summed E-state index contributed by atoms with van der Waals surface area (Å²) in [6.07, 6.45) is -0.605. The first-order valence-electron chi connectivity index (χ1n) is 4.96. The summed E-state index contributed by atoms with van der Waals surface area (Å²) in [6.45, 7) is 0.667. The molecular weight excluding hydrogens is 192 g/mol. The van der Waals surface area contributed by atoms with Crippen LogP contribution in [0.3, 0.4) is 0 Å². The van der Waals surface area contributed by atoms with Crippen LogP contribution in [-0.4, -0.2) is 31.9 Å². The number of ether oxygens (including phenoxy) is 1. The fourth-order valence-corrected chi connectivity index (χ4v) is 1.99. The van der Waals surface area contributed by atoms with Crippen LogP contribution in [0.4, 0.5) is 5.69 Å². The maximum atomic E-state index is 9.96. The van der Waals surface area contributed by atoms with E-state index in [1.54, 1.807) is 7.11 Å². The first-order chi connectivity index (χ1) is 7.13. The molecule has 82 valence electrons. The number of benzene rings is 1. The van der Waals surface area contributed by atoms with Gasteiger partial charge in [-0.2, -0.15) is 0 Å². The molecule has 0 saturated heterocycles. The Hall–Kier alpha value is -1.26. The number of rotatable bonds is 1. The topological polar surface area (TPSA) is 58.7 Å². The maximum absolute atomic E-state index is 9.96. The molecule has 4 heteroatoms. The Kier molecular flexibility index (Phi) is 2.54. The molecule has 1 aromatic carbocycles. The van der Waals surface area contributed by atoms with Gasteiger partial charge in [0.1, 0.15) is 5.75 Å². The van der Waals surface area contributed by atoms with Gasteiger partial charge in [-0.3, -0.25) is 0 Å². The zero-order valence-corrected chi connectivity index (χ0v) is 8.97. The van der Waals surface area contributed by atoms with Crippen molar-refractivity contribution in [1.29, 1.82) is 0 Å². The Morgan fingerprint density at radius 3 is 2.93 bits per heavy atom. The smallest absolute Gasteiger partial charge is 0.119 e. The molecule has 2 atom stereocenters. The summed E-state index contributed by atoms with van der Waals surface area (Å²) in [4.78, 5) is 2.05. The highest BCUT2D eigenvalue weighted by Gasteiger charge is 2.28. The van der Waals surface area contributed by atoms with Crippen molar-refractivity contribution < 1.29 is 9.84 Å². The number of hydrogen-bond acceptors (Lipinski definition) is 4. The number of methoxy groups -OCH3 is 1. The van der Waals surface area contributed by atoms with Crippen LogP contribution >= 0.6 is 0 Å². The Bertz CT molecular complexity index is 368. The number of nitrogens with zero attached hydrogens (tertiary/aromatic N) is 1. The van der Waals surface area contributed by atoms with Gasteiger partial charge in [0.15, 0.2) is 0 Å². The van der Waals surface area contributed by atoms with Gasteiger partial charge in [0.25, 0.3) is 0 Å². The molecule has 15 heavy (non-hydrogen) atoms. The molecule has 1 heterocycles. The Balaban J connectivity index is 2.47. The highest BCUT2D eigenvalue weighted by Crippen LogP contribution is 2.34. The molecule has 4 nitrogen and oxygen atoms in total. The van der Waals surface area contributed by atoms with Crippen LogP contribution in [0.25, 0.3) is 0 Å². The van der Waals surface area contributed by atoms with Gasteiger partial charge in [0, 0.05) is 24.8 Å². The second kappa shape index (κ2) is 3.72. The fraction of sp³-hybridized carbons (Fsp3) is 0.455. The van der Waals surface area contributed by atoms with E-state index in [0.29, 0.717) is 6.54 Å². The number of likely N-dealkylation sites (N-methyl/N-ethyl adjacent to an activating group) is 1. The van der Waals surface area contributed by atoms with Crippen LogP contribution in [-0.2, 0) is 0 Å². The molecular formula is C11H16N2O2. The van der Waals surface area contributed by atoms with Crippen LogP contribution in [0.2, 0.25) is 0 Å². The van der Waals surface area contributed by atoms with Gasteiger partial charge >= 0.3 is 0 Å². The quantitative estimate of drug-likeness (QED) is 0.706. The molecule has 0 bridgehead atoms. The molecule has 1 aliphatic heterocycles. The molecule has 0 aromatic heterocycles. The first kappa shape index (κ1) is 10.3. The normalized spacial score (nSPS) is 24.9. The third-order valence-electron chi connectivity index (χ3n) is 2.85. The summed E-state index contributed by atoms with van der Waals surface area (Å²) in [6, 6.07) is 5.44. The lowest BCUT2D eigenvalue weighted by Gasteiger charge is -2.35. The molecule has 1 aromatic rings. The van der Waals surface area contributed by atoms with Crippen molar-refractivity contribution >= 4 is 5.69 Å². The lowest BCUT2D eigenvalue weighted by Crippen LogP contribution is -2.44. The predicted molar refractivity (Wildman–Crippen MR) is 59.2 cm³/mol. The van der Waals surface area contributed by atoms with E-state index in [9.17, 15) is 5.11 Å². The average molecular weight is 208 g/mol. The van der Waals surface area contributed by atoms with Gasteiger partial charge in [-0.05, 0) is 18.2 Å². The van der Waals surface area contributed by atoms with Gasteiger partial charge in [0.2, 0.25) is 0 Å². The van der Waals surface area contributed by atoms with E-state index in [1.165, 1.54) is 0 Å². The van der Waals surface area contributed by atoms with Gasteiger partial charge in [0.05, 0.1) is 19.3 Å². The second-order valence-electron chi connectivity index (χ2n) is 3.91. The third-order valence-corrected chi connectivity index (χ3v) is 2.85. The molecule has 0 saturated carbocycles. The summed E-state index contributed by atoms with van der Waals surface area (Å²) in [7, 11) is 3.58. The minimum Gasteiger partial charge on any atom is -0.497 e. The molecule has 0 radical (unpaired) electrons. The number of aliphatic hydroxyl groups excluding tert-OH is 1. The van der Waals surface area contributed by atoms with Crippen LogP contribution in [0.1, 0.15) is 11.7 Å². The van der Waals surface area contributed by atoms with Gasteiger partial charge in [-0.1, -0.05) is 0 Å². The van der Waals surface area contributed by atoms with E-state index in [0.717, 1.165) is 17.0 Å². The van der Waals surface area contributed by atoms with Crippen molar-refractivity contribution in [2.75, 3.05) is 25.6 Å². The first-order valence-corrected chi connectivity index (χ1v) is 4.96. The molecule has 0 amide bonds. The molecule has 0 spiro atoms. The fourth-order valence-electron chi connectivity index (χ4n) is 1.99. The van der Waals surface area contributed by atoms with Crippen LogP contribution in [0.5, 0.6) is 5.75 Å². The van der Waals surface area contributed by atoms with Gasteiger partial charge in [-0.15, -0.1) is 0 Å². The number of fused-ring (bicyclic) bond motifs is 1. The zero-order valence-electron chi connectivity index (χ0n) is 8.97. The third kappa shape index (κ3) is 1.66. The summed E-state index contributed by atoms with van der Waals surface area (Å²) < 4.78 is 5.13. The number of anilines is 1. The standard InChI is InChI=1S/C11H16N2O2/c1-13-6-9(12)11(14)8-5-7(15-2)3-4-10(8)13/h3-5,9,11,14H,6,12H2,1-2H3/t9-,11-/m0/s1. The van der Waals surface area contributed by atoms with E-state index >= 15 is 0 Å². The largest absolute Gasteiger partial charge is 0.497 e. The SMILES string of the molecule is COc1ccc2c(c1)[C@H](O)[C@@H](N)CN2C. The summed E-state index contributed by atoms with van der Waals surface area (Å²) >= 11 is 0. The van der Waals surface area contributed by atoms with Crippen molar-refractivity contribution in [3.05, 3.63) is 23.8 Å². The Morgan fingerprint density at radius 1 is 1.53 bits per heavy atom. The van der Waals surface area contributed by atoms with E-state index in [1.807, 2.05) is 30.1 Å². The predicted octanol–water partition coefficient (Wildman–Crippen LogP) is 0.506. The van der Waals surface area contributed by atoms with Crippen molar-refractivity contribution in [2.45, 2.75) is 12.1 Å². The summed E-state index contributed by atoms with van der Waals surface area (Å²) in [5.41, 5.74) is 7.70. The van der Waals surface area contributed by atoms with E-state index in [-0.39, 0.29) is 6.04 Å². The molecule has 0 fully saturated rings. The van der Waals surface area contributed by atoms with E-state index < -0.39 is 6.10 Å². The minimum absolute atomic E-state index is 0.241. The lowest BCUT2D eigenvalue weighted by molar-refractivity contribution is 0.143. The van der Waals surface area contributed by atoms with Crippen molar-refractivity contribution in [1.82, 2.24) is 0 Å². The maximum Gasteiger partial charge on any atom is 0.119 e. The van der Waals surface area contributed by atoms with Gasteiger partial charge in [-0.25, -0.2) is 0 Å². The summed E-state index contributed by atoms with van der Waals surface area (Å²) in [5.74, 6) is 0.746. The zero-order chi connectivity index (χ0) is 11.0. The molecule has 1 aliphatic rings. The molecule has 3 N–H and O–H groups in total. The molecule has 0 aliphatic carbocycles. The number of hydrogen-bond donors (Lipinski definition) is 2. The minimum atomic E-state index is -0.605. The van der Waals surface area contributed by atoms with Crippen molar-refractivity contribution in [3.8, 4) is 5.75 Å². The number of aliphatic hydroxyl groups is 1. The van der Waals surface area contributed by atoms with E-state index in [4.69, 9.17) is 10.5 Å². The molecule has 0 unspecified atom stereocenters. The highest BCUT2D eigenvalue weighted by molar-refractivity contribution is 5.59. The average Bonchev–Trinajstić information content (AvgIpc) is 2.25. The van der Waals surface area contributed by atoms with Crippen LogP contribution in [0.15, 0.2) is 18.2 Å². The number of nitrogens with two attached hydrogens (primary N) is 1. The van der Waals surface area contributed by atoms with E-state index in [2.05, 4.69) is 0 Å². The van der Waals surface area contributed by atoms with Crippen LogP contribution in [0, 0.1) is 0 Å². The van der Waals surface area contributed by atoms with Crippen LogP contribution < -0.4 is 15.4 Å². The molecule has 2 rings (SSSR count).